The first-order chi connectivity index (χ1) is 28.4. The number of benzene rings is 2. The lowest BCUT2D eigenvalue weighted by molar-refractivity contribution is -0.136. The summed E-state index contributed by atoms with van der Waals surface area (Å²) in [7, 11) is 1.69. The van der Waals surface area contributed by atoms with Crippen LogP contribution in [-0.2, 0) is 39.1 Å². The number of nitrogens with one attached hydrogen (secondary N) is 3. The minimum atomic E-state index is -4.27. The number of rotatable bonds is 18. The number of imide groups is 1. The highest BCUT2D eigenvalue weighted by Gasteiger charge is 2.31. The van der Waals surface area contributed by atoms with E-state index < -0.39 is 24.5 Å². The van der Waals surface area contributed by atoms with E-state index in [2.05, 4.69) is 42.6 Å². The summed E-state index contributed by atoms with van der Waals surface area (Å²) in [5, 5.41) is 19.3. The van der Waals surface area contributed by atoms with Crippen molar-refractivity contribution in [3.05, 3.63) is 76.5 Å². The third-order valence-electron chi connectivity index (χ3n) is 11.1. The van der Waals surface area contributed by atoms with Gasteiger partial charge in [-0.05, 0) is 73.8 Å². The number of piperidine rings is 1. The number of aryl methyl sites for hydroxylation is 2. The largest absolute Gasteiger partial charge is 0.393 e. The number of ether oxygens (including phenoxy) is 2. The lowest BCUT2D eigenvalue weighted by Crippen LogP contribution is -2.44. The van der Waals surface area contributed by atoms with Gasteiger partial charge in [0.2, 0.25) is 17.8 Å². The van der Waals surface area contributed by atoms with Gasteiger partial charge in [0, 0.05) is 69.1 Å². The van der Waals surface area contributed by atoms with E-state index in [1.54, 1.807) is 17.8 Å². The molecule has 7 rings (SSSR count). The standard InChI is InChI=1S/C42H51F3N8O6/c1-51-36-23-27(6-13-34(36)53(41(51)57)35-14-15-37(55)49-39(35)56)3-2-19-58-21-22-59-20-18-46-24-28-4-7-29(8-5-28)33-26-52(30-9-11-31(54)12-10-30)38-32(33)25-48-40(50-38)47-17-16-42(43,44)45/h4-8,13,23,25-26,30-31,35,46,54H,2-3,9-12,14-22,24H2,1H3,(H,47,48,50)(H,49,55,56)/t30?,31?,35-/m0/s1. The summed E-state index contributed by atoms with van der Waals surface area (Å²) in [6, 6.07) is 13.4. The fourth-order valence-electron chi connectivity index (χ4n) is 7.95. The molecule has 0 spiro atoms. The molecule has 0 unspecified atom stereocenters. The predicted octanol–water partition coefficient (Wildman–Crippen LogP) is 5.33. The van der Waals surface area contributed by atoms with Crippen molar-refractivity contribution < 1.29 is 37.3 Å². The molecule has 4 N–H and O–H groups in total. The number of halogens is 3. The van der Waals surface area contributed by atoms with Crippen molar-refractivity contribution >= 4 is 39.8 Å². The average Bonchev–Trinajstić information content (AvgIpc) is 3.70. The van der Waals surface area contributed by atoms with Crippen LogP contribution in [0.15, 0.2) is 59.7 Å². The normalized spacial score (nSPS) is 18.8. The maximum absolute atomic E-state index is 13.0. The van der Waals surface area contributed by atoms with Crippen LogP contribution < -0.4 is 21.6 Å². The molecular weight excluding hydrogens is 770 g/mol. The van der Waals surface area contributed by atoms with Crippen molar-refractivity contribution in [2.45, 2.75) is 88.7 Å². The van der Waals surface area contributed by atoms with Crippen LogP contribution in [0.5, 0.6) is 0 Å². The van der Waals surface area contributed by atoms with E-state index >= 15 is 0 Å². The minimum Gasteiger partial charge on any atom is -0.393 e. The van der Waals surface area contributed by atoms with Crippen LogP contribution in [0.25, 0.3) is 33.2 Å². The molecule has 3 aromatic heterocycles. The number of aliphatic hydroxyl groups excluding tert-OH is 1. The van der Waals surface area contributed by atoms with Gasteiger partial charge in [0.05, 0.1) is 43.4 Å². The molecule has 14 nitrogen and oxygen atoms in total. The van der Waals surface area contributed by atoms with Crippen LogP contribution in [0.1, 0.15) is 74.6 Å². The predicted molar refractivity (Wildman–Crippen MR) is 216 cm³/mol. The Balaban J connectivity index is 0.822. The molecule has 1 atom stereocenters. The van der Waals surface area contributed by atoms with Gasteiger partial charge >= 0.3 is 11.9 Å². The Morgan fingerprint density at radius 3 is 2.41 bits per heavy atom. The van der Waals surface area contributed by atoms with Crippen molar-refractivity contribution in [1.29, 1.82) is 0 Å². The smallest absolute Gasteiger partial charge is 0.390 e. The van der Waals surface area contributed by atoms with Gasteiger partial charge < -0.3 is 29.8 Å². The first-order valence-corrected chi connectivity index (χ1v) is 20.3. The Bertz CT molecular complexity index is 2300. The molecule has 0 bridgehead atoms. The number of anilines is 1. The van der Waals surface area contributed by atoms with Gasteiger partial charge in [-0.25, -0.2) is 9.78 Å². The van der Waals surface area contributed by atoms with E-state index in [0.29, 0.717) is 69.9 Å². The fourth-order valence-corrected chi connectivity index (χ4v) is 7.95. The van der Waals surface area contributed by atoms with Gasteiger partial charge in [0.15, 0.2) is 0 Å². The zero-order chi connectivity index (χ0) is 41.5. The average molecular weight is 821 g/mol. The highest BCUT2D eigenvalue weighted by molar-refractivity contribution is 6.00. The second-order valence-electron chi connectivity index (χ2n) is 15.3. The molecule has 1 aliphatic heterocycles. The van der Waals surface area contributed by atoms with Crippen molar-refractivity contribution in [1.82, 2.24) is 34.3 Å². The summed E-state index contributed by atoms with van der Waals surface area (Å²) in [6.45, 7) is 3.06. The second kappa shape index (κ2) is 18.9. The maximum atomic E-state index is 13.0. The Labute approximate surface area is 339 Å². The number of nitrogens with zero attached hydrogens (tertiary/aromatic N) is 5. The summed E-state index contributed by atoms with van der Waals surface area (Å²) in [4.78, 5) is 46.0. The molecule has 5 aromatic rings. The van der Waals surface area contributed by atoms with Gasteiger partial charge in [-0.3, -0.25) is 24.0 Å². The highest BCUT2D eigenvalue weighted by atomic mass is 19.4. The first kappa shape index (κ1) is 42.0. The number of carbonyl (C=O) groups is 2. The Kier molecular flexibility index (Phi) is 13.4. The summed E-state index contributed by atoms with van der Waals surface area (Å²) < 4.78 is 54.8. The Morgan fingerprint density at radius 2 is 1.66 bits per heavy atom. The van der Waals surface area contributed by atoms with E-state index in [9.17, 15) is 32.7 Å². The molecule has 1 aliphatic carbocycles. The zero-order valence-electron chi connectivity index (χ0n) is 33.1. The third kappa shape index (κ3) is 10.4. The minimum absolute atomic E-state index is 0.118. The highest BCUT2D eigenvalue weighted by Crippen LogP contribution is 2.37. The van der Waals surface area contributed by atoms with Gasteiger partial charge in [0.1, 0.15) is 11.7 Å². The number of hydrogen-bond acceptors (Lipinski definition) is 10. The van der Waals surface area contributed by atoms with E-state index in [0.717, 1.165) is 58.8 Å². The molecule has 1 saturated carbocycles. The molecular formula is C42H51F3N8O6. The van der Waals surface area contributed by atoms with Crippen molar-refractivity contribution in [3.63, 3.8) is 0 Å². The summed E-state index contributed by atoms with van der Waals surface area (Å²) in [6.07, 6.45) is 3.14. The number of imidazole rings is 1. The number of carbonyl (C=O) groups excluding carboxylic acids is 2. The Hall–Kier alpha value is -5.10. The van der Waals surface area contributed by atoms with Crippen LogP contribution in [-0.4, -0.2) is 92.4 Å². The summed E-state index contributed by atoms with van der Waals surface area (Å²) in [5.74, 6) is -0.612. The molecule has 316 valence electrons. The van der Waals surface area contributed by atoms with E-state index in [1.165, 1.54) is 4.57 Å². The molecule has 0 radical (unpaired) electrons. The first-order valence-electron chi connectivity index (χ1n) is 20.3. The molecule has 4 heterocycles. The van der Waals surface area contributed by atoms with Crippen LogP contribution in [0.3, 0.4) is 0 Å². The number of fused-ring (bicyclic) bond motifs is 2. The molecule has 2 aliphatic rings. The van der Waals surface area contributed by atoms with E-state index in [-0.39, 0.29) is 42.7 Å². The summed E-state index contributed by atoms with van der Waals surface area (Å²) >= 11 is 0. The summed E-state index contributed by atoms with van der Waals surface area (Å²) in [5.41, 5.74) is 5.86. The molecule has 2 fully saturated rings. The third-order valence-corrected chi connectivity index (χ3v) is 11.1. The van der Waals surface area contributed by atoms with Crippen LogP contribution in [0.2, 0.25) is 0 Å². The van der Waals surface area contributed by atoms with Gasteiger partial charge in [-0.2, -0.15) is 18.2 Å². The number of aromatic nitrogens is 5. The van der Waals surface area contributed by atoms with E-state index in [1.807, 2.05) is 36.5 Å². The molecule has 2 amide bonds. The number of aliphatic hydroxyl groups is 1. The molecule has 1 saturated heterocycles. The van der Waals surface area contributed by atoms with Crippen molar-refractivity contribution in [2.75, 3.05) is 44.8 Å². The fraction of sp³-hybridized carbons (Fsp3) is 0.500. The van der Waals surface area contributed by atoms with Gasteiger partial charge in [0.25, 0.3) is 0 Å². The zero-order valence-corrected chi connectivity index (χ0v) is 33.1. The molecule has 59 heavy (non-hydrogen) atoms. The lowest BCUT2D eigenvalue weighted by Gasteiger charge is -2.27. The Morgan fingerprint density at radius 1 is 0.915 bits per heavy atom. The van der Waals surface area contributed by atoms with Gasteiger partial charge in [-0.1, -0.05) is 30.3 Å². The number of hydrogen-bond donors (Lipinski definition) is 4. The SMILES string of the molecule is Cn1c(=O)n([C@H]2CCC(=O)NC2=O)c2ccc(CCCOCCOCCNCc3ccc(-c4cn(C5CCC(O)CC5)c5nc(NCCC(F)(F)F)ncc45)cc3)cc21. The van der Waals surface area contributed by atoms with Gasteiger partial charge in [-0.15, -0.1) is 0 Å². The topological polar surface area (TPSA) is 167 Å². The van der Waals surface area contributed by atoms with Crippen LogP contribution >= 0.6 is 0 Å². The molecule has 17 heteroatoms. The van der Waals surface area contributed by atoms with Crippen molar-refractivity contribution in [2.24, 2.45) is 7.05 Å². The lowest BCUT2D eigenvalue weighted by atomic mass is 9.93. The van der Waals surface area contributed by atoms with Crippen molar-refractivity contribution in [3.8, 4) is 11.1 Å². The van der Waals surface area contributed by atoms with Crippen LogP contribution in [0.4, 0.5) is 19.1 Å². The number of amides is 2. The maximum Gasteiger partial charge on any atom is 0.390 e. The quantitative estimate of drug-likeness (QED) is 0.0671. The van der Waals surface area contributed by atoms with E-state index in [4.69, 9.17) is 9.47 Å². The second-order valence-corrected chi connectivity index (χ2v) is 15.3. The molecule has 2 aromatic carbocycles. The monoisotopic (exact) mass is 820 g/mol. The number of alkyl halides is 3. The van der Waals surface area contributed by atoms with Crippen LogP contribution in [0, 0.1) is 0 Å².